The smallest absolute Gasteiger partial charge is 0.254 e. The molecule has 0 unspecified atom stereocenters. The molecular weight excluding hydrogens is 397 g/mol. The Morgan fingerprint density at radius 3 is 2.42 bits per heavy atom. The van der Waals surface area contributed by atoms with Crippen LogP contribution in [-0.4, -0.2) is 51.9 Å². The van der Waals surface area contributed by atoms with E-state index in [1.165, 1.54) is 6.07 Å². The maximum atomic E-state index is 13.8. The van der Waals surface area contributed by atoms with Crippen LogP contribution in [0.15, 0.2) is 41.3 Å². The van der Waals surface area contributed by atoms with E-state index >= 15 is 0 Å². The van der Waals surface area contributed by atoms with E-state index in [2.05, 4.69) is 19.9 Å². The summed E-state index contributed by atoms with van der Waals surface area (Å²) in [5.74, 6) is 0.760. The number of anilines is 1. The van der Waals surface area contributed by atoms with Gasteiger partial charge in [0, 0.05) is 54.8 Å². The molecule has 0 aliphatic carbocycles. The first-order chi connectivity index (χ1) is 14.8. The fourth-order valence-electron chi connectivity index (χ4n) is 3.54. The van der Waals surface area contributed by atoms with E-state index < -0.39 is 0 Å². The van der Waals surface area contributed by atoms with Crippen molar-refractivity contribution in [2.75, 3.05) is 31.1 Å². The average Bonchev–Trinajstić information content (AvgIpc) is 2.79. The molecule has 1 aromatic carbocycles. The highest BCUT2D eigenvalue weighted by molar-refractivity contribution is 5.94. The van der Waals surface area contributed by atoms with Crippen molar-refractivity contribution in [3.8, 4) is 11.4 Å². The zero-order chi connectivity index (χ0) is 22.1. The number of aryl methyl sites for hydroxylation is 2. The summed E-state index contributed by atoms with van der Waals surface area (Å²) in [6.45, 7) is 7.55. The van der Waals surface area contributed by atoms with Crippen molar-refractivity contribution >= 4 is 11.7 Å². The molecule has 0 bridgehead atoms. The Bertz CT molecular complexity index is 1180. The Morgan fingerprint density at radius 1 is 1.06 bits per heavy atom. The minimum Gasteiger partial charge on any atom is -0.353 e. The van der Waals surface area contributed by atoms with Crippen molar-refractivity contribution in [1.82, 2.24) is 19.9 Å². The zero-order valence-electron chi connectivity index (χ0n) is 17.8. The number of halogens is 1. The molecule has 0 atom stereocenters. The number of benzene rings is 1. The molecule has 3 aromatic rings. The largest absolute Gasteiger partial charge is 0.353 e. The summed E-state index contributed by atoms with van der Waals surface area (Å²) in [6.07, 6.45) is 1.69. The third-order valence-corrected chi connectivity index (χ3v) is 5.73. The molecule has 7 nitrogen and oxygen atoms in total. The fourth-order valence-corrected chi connectivity index (χ4v) is 3.54. The van der Waals surface area contributed by atoms with E-state index in [-0.39, 0.29) is 17.3 Å². The third-order valence-electron chi connectivity index (χ3n) is 5.73. The van der Waals surface area contributed by atoms with Crippen LogP contribution in [0.1, 0.15) is 27.2 Å². The number of pyridine rings is 1. The Balaban J connectivity index is 1.42. The van der Waals surface area contributed by atoms with Crippen LogP contribution in [-0.2, 0) is 0 Å². The Labute approximate surface area is 179 Å². The summed E-state index contributed by atoms with van der Waals surface area (Å²) in [4.78, 5) is 40.2. The lowest BCUT2D eigenvalue weighted by Gasteiger charge is -2.35. The lowest BCUT2D eigenvalue weighted by Crippen LogP contribution is -2.49. The number of nitrogens with one attached hydrogen (secondary N) is 1. The van der Waals surface area contributed by atoms with Crippen LogP contribution < -0.4 is 10.5 Å². The van der Waals surface area contributed by atoms with Crippen molar-refractivity contribution < 1.29 is 9.18 Å². The Hall–Kier alpha value is -3.55. The molecule has 1 fully saturated rings. The summed E-state index contributed by atoms with van der Waals surface area (Å²) < 4.78 is 13.8. The number of carbonyl (C=O) groups is 1. The van der Waals surface area contributed by atoms with Gasteiger partial charge in [-0.25, -0.2) is 14.4 Å². The second kappa shape index (κ2) is 8.29. The Kier molecular flexibility index (Phi) is 5.54. The highest BCUT2D eigenvalue weighted by atomic mass is 19.1. The molecule has 160 valence electrons. The van der Waals surface area contributed by atoms with Gasteiger partial charge in [0.25, 0.3) is 11.5 Å². The van der Waals surface area contributed by atoms with Crippen molar-refractivity contribution in [2.24, 2.45) is 0 Å². The number of H-pyrrole nitrogens is 1. The summed E-state index contributed by atoms with van der Waals surface area (Å²) in [7, 11) is 0. The quantitative estimate of drug-likeness (QED) is 0.703. The highest BCUT2D eigenvalue weighted by Crippen LogP contribution is 2.20. The summed E-state index contributed by atoms with van der Waals surface area (Å²) in [5.41, 5.74) is 2.77. The number of aromatic nitrogens is 3. The summed E-state index contributed by atoms with van der Waals surface area (Å²) in [6, 6.07) is 8.36. The fraction of sp³-hybridized carbons (Fsp3) is 0.304. The van der Waals surface area contributed by atoms with E-state index in [1.807, 2.05) is 19.1 Å². The van der Waals surface area contributed by atoms with E-state index in [9.17, 15) is 14.0 Å². The normalized spacial score (nSPS) is 14.1. The minimum absolute atomic E-state index is 0.152. The molecule has 31 heavy (non-hydrogen) atoms. The van der Waals surface area contributed by atoms with E-state index in [0.29, 0.717) is 54.4 Å². The number of piperazine rings is 1. The molecule has 4 rings (SSSR count). The standard InChI is InChI=1S/C23H24FN5O2/c1-14-4-5-17(12-19(14)24)23(31)29-10-8-28(9-11-29)20-7-6-18(13-25-20)21-26-16(3)15(2)22(30)27-21/h4-7,12-13H,8-11H2,1-3H3,(H,26,27,30). The first kappa shape index (κ1) is 20.7. The van der Waals surface area contributed by atoms with Gasteiger partial charge in [-0.1, -0.05) is 6.07 Å². The van der Waals surface area contributed by atoms with E-state index in [1.54, 1.807) is 37.1 Å². The zero-order valence-corrected chi connectivity index (χ0v) is 17.8. The van der Waals surface area contributed by atoms with Crippen molar-refractivity contribution in [3.63, 3.8) is 0 Å². The van der Waals surface area contributed by atoms with Gasteiger partial charge in [0.1, 0.15) is 17.5 Å². The molecule has 0 saturated carbocycles. The van der Waals surface area contributed by atoms with Gasteiger partial charge in [-0.15, -0.1) is 0 Å². The third kappa shape index (κ3) is 4.19. The second-order valence-electron chi connectivity index (χ2n) is 7.77. The predicted octanol–water partition coefficient (Wildman–Crippen LogP) is 2.86. The number of rotatable bonds is 3. The van der Waals surface area contributed by atoms with Crippen LogP contribution in [0.5, 0.6) is 0 Å². The number of aromatic amines is 1. The van der Waals surface area contributed by atoms with Gasteiger partial charge in [0.15, 0.2) is 0 Å². The number of hydrogen-bond acceptors (Lipinski definition) is 5. The van der Waals surface area contributed by atoms with E-state index in [4.69, 9.17) is 0 Å². The first-order valence-corrected chi connectivity index (χ1v) is 10.2. The van der Waals surface area contributed by atoms with E-state index in [0.717, 1.165) is 11.4 Å². The molecule has 2 aromatic heterocycles. The van der Waals surface area contributed by atoms with Gasteiger partial charge in [-0.2, -0.15) is 0 Å². The molecule has 8 heteroatoms. The summed E-state index contributed by atoms with van der Waals surface area (Å²) >= 11 is 0. The van der Waals surface area contributed by atoms with Crippen molar-refractivity contribution in [3.05, 3.63) is 75.1 Å². The second-order valence-corrected chi connectivity index (χ2v) is 7.77. The van der Waals surface area contributed by atoms with Crippen molar-refractivity contribution in [1.29, 1.82) is 0 Å². The average molecular weight is 421 g/mol. The van der Waals surface area contributed by atoms with Crippen molar-refractivity contribution in [2.45, 2.75) is 20.8 Å². The molecule has 1 saturated heterocycles. The number of nitrogens with zero attached hydrogens (tertiary/aromatic N) is 4. The van der Waals surface area contributed by atoms with Gasteiger partial charge in [0.05, 0.1) is 0 Å². The molecule has 1 amide bonds. The van der Waals surface area contributed by atoms with Gasteiger partial charge in [0.2, 0.25) is 0 Å². The molecular formula is C23H24FN5O2. The first-order valence-electron chi connectivity index (χ1n) is 10.2. The molecule has 3 heterocycles. The maximum Gasteiger partial charge on any atom is 0.254 e. The van der Waals surface area contributed by atoms with Crippen LogP contribution in [0.25, 0.3) is 11.4 Å². The highest BCUT2D eigenvalue weighted by Gasteiger charge is 2.23. The molecule has 0 radical (unpaired) electrons. The van der Waals surface area contributed by atoms with Crippen LogP contribution in [0.4, 0.5) is 10.2 Å². The molecule has 1 N–H and O–H groups in total. The van der Waals surface area contributed by atoms with Gasteiger partial charge in [-0.05, 0) is 50.6 Å². The predicted molar refractivity (Wildman–Crippen MR) is 117 cm³/mol. The molecule has 1 aliphatic rings. The van der Waals surface area contributed by atoms with Crippen LogP contribution in [0, 0.1) is 26.6 Å². The SMILES string of the molecule is Cc1ccc(C(=O)N2CCN(c3ccc(-c4nc(C)c(C)c(=O)[nH]4)cn3)CC2)cc1F. The summed E-state index contributed by atoms with van der Waals surface area (Å²) in [5, 5.41) is 0. The monoisotopic (exact) mass is 421 g/mol. The van der Waals surface area contributed by atoms with Gasteiger partial charge >= 0.3 is 0 Å². The van der Waals surface area contributed by atoms with Crippen LogP contribution in [0.3, 0.4) is 0 Å². The maximum absolute atomic E-state index is 13.8. The van der Waals surface area contributed by atoms with Gasteiger partial charge in [-0.3, -0.25) is 9.59 Å². The number of amides is 1. The minimum atomic E-state index is -0.367. The molecule has 0 spiro atoms. The van der Waals surface area contributed by atoms with Crippen LogP contribution in [0.2, 0.25) is 0 Å². The Morgan fingerprint density at radius 2 is 1.81 bits per heavy atom. The topological polar surface area (TPSA) is 82.2 Å². The van der Waals surface area contributed by atoms with Crippen LogP contribution >= 0.6 is 0 Å². The number of carbonyl (C=O) groups excluding carboxylic acids is 1. The lowest BCUT2D eigenvalue weighted by molar-refractivity contribution is 0.0746. The molecule has 1 aliphatic heterocycles. The lowest BCUT2D eigenvalue weighted by atomic mass is 10.1. The number of hydrogen-bond donors (Lipinski definition) is 1. The van der Waals surface area contributed by atoms with Gasteiger partial charge < -0.3 is 14.8 Å².